The molecule has 20 heteroatoms. The highest BCUT2D eigenvalue weighted by atomic mass is 32.3. The van der Waals surface area contributed by atoms with E-state index in [0.717, 1.165) is 6.92 Å². The van der Waals surface area contributed by atoms with Gasteiger partial charge in [0, 0.05) is 6.92 Å². The lowest BCUT2D eigenvalue weighted by molar-refractivity contribution is -0.296. The molecule has 18 nitrogen and oxygen atoms in total. The Balaban J connectivity index is 2.54. The van der Waals surface area contributed by atoms with Crippen LogP contribution in [0.15, 0.2) is 11.8 Å². The lowest BCUT2D eigenvalue weighted by Gasteiger charge is -2.45. The van der Waals surface area contributed by atoms with Crippen molar-refractivity contribution >= 4 is 32.7 Å². The predicted molar refractivity (Wildman–Crippen MR) is 99.9 cm³/mol. The van der Waals surface area contributed by atoms with Gasteiger partial charge in [-0.3, -0.25) is 13.9 Å². The maximum Gasteiger partial charge on any atom is 0.397 e. The van der Waals surface area contributed by atoms with Gasteiger partial charge in [0.25, 0.3) is 0 Å². The molecule has 0 saturated carbocycles. The first-order chi connectivity index (χ1) is 15.5. The standard InChI is InChI=1S/C14H21NO17S2/c1-4(17)15-8-11(10(32-34(25,26)27)7(3-16)28-13(8)21)30-14-9(31-33(22,23)24)5(18)2-6(29-14)12(19)20/h2,5,7-11,13-14,16,18,21H,3H2,1H3,(H,15,17)(H,19,20)(H,22,23,24)(H,25,26,27). The van der Waals surface area contributed by atoms with Gasteiger partial charge in [-0.25, -0.2) is 13.2 Å². The Kier molecular flexibility index (Phi) is 8.93. The number of hydrogen-bond donors (Lipinski definition) is 7. The van der Waals surface area contributed by atoms with Crippen LogP contribution in [0, 0.1) is 0 Å². The maximum atomic E-state index is 11.6. The lowest BCUT2D eigenvalue weighted by atomic mass is 9.96. The van der Waals surface area contributed by atoms with Crippen molar-refractivity contribution in [1.82, 2.24) is 5.32 Å². The second-order valence-corrected chi connectivity index (χ2v) is 8.96. The molecule has 8 atom stereocenters. The Morgan fingerprint density at radius 1 is 1.06 bits per heavy atom. The molecule has 0 aromatic carbocycles. The van der Waals surface area contributed by atoms with Gasteiger partial charge in [0.15, 0.2) is 12.4 Å². The number of aliphatic hydroxyl groups is 3. The van der Waals surface area contributed by atoms with Crippen LogP contribution in [0.1, 0.15) is 6.92 Å². The number of aliphatic hydroxyl groups excluding tert-OH is 3. The van der Waals surface area contributed by atoms with Gasteiger partial charge in [0.1, 0.15) is 30.5 Å². The van der Waals surface area contributed by atoms with E-state index in [-0.39, 0.29) is 0 Å². The molecule has 2 heterocycles. The van der Waals surface area contributed by atoms with Crippen molar-refractivity contribution in [3.8, 4) is 0 Å². The average molecular weight is 539 g/mol. The second-order valence-electron chi connectivity index (χ2n) is 6.86. The molecule has 2 aliphatic heterocycles. The van der Waals surface area contributed by atoms with Gasteiger partial charge in [-0.1, -0.05) is 0 Å². The smallest absolute Gasteiger partial charge is 0.397 e. The fraction of sp³-hybridized carbons (Fsp3) is 0.714. The van der Waals surface area contributed by atoms with Gasteiger partial charge in [0.2, 0.25) is 18.0 Å². The van der Waals surface area contributed by atoms with Crippen molar-refractivity contribution in [1.29, 1.82) is 0 Å². The van der Waals surface area contributed by atoms with Gasteiger partial charge < -0.3 is 40.0 Å². The lowest BCUT2D eigenvalue weighted by Crippen LogP contribution is -2.67. The van der Waals surface area contributed by atoms with E-state index in [1.807, 2.05) is 0 Å². The summed E-state index contributed by atoms with van der Waals surface area (Å²) in [6, 6.07) is -1.77. The van der Waals surface area contributed by atoms with E-state index in [1.165, 1.54) is 0 Å². The first-order valence-electron chi connectivity index (χ1n) is 9.00. The fourth-order valence-corrected chi connectivity index (χ4v) is 4.14. The average Bonchev–Trinajstić information content (AvgIpc) is 2.66. The Labute approximate surface area is 191 Å². The highest BCUT2D eigenvalue weighted by Gasteiger charge is 2.52. The SMILES string of the molecule is CC(=O)NC1C(O)OC(CO)C(OS(=O)(=O)O)C1OC1OC(C(=O)O)=CC(O)C1OS(=O)(=O)O. The number of nitrogens with one attached hydrogen (secondary N) is 1. The van der Waals surface area contributed by atoms with E-state index in [4.69, 9.17) is 28.4 Å². The Morgan fingerprint density at radius 2 is 1.62 bits per heavy atom. The number of amides is 1. The van der Waals surface area contributed by atoms with Crippen molar-refractivity contribution in [2.45, 2.75) is 56.1 Å². The summed E-state index contributed by atoms with van der Waals surface area (Å²) in [5.74, 6) is -3.62. The first kappa shape index (κ1) is 28.3. The van der Waals surface area contributed by atoms with E-state index >= 15 is 0 Å². The zero-order valence-corrected chi connectivity index (χ0v) is 18.5. The van der Waals surface area contributed by atoms with Crippen molar-refractivity contribution < 1.29 is 78.5 Å². The van der Waals surface area contributed by atoms with Crippen LogP contribution in [0.4, 0.5) is 0 Å². The summed E-state index contributed by atoms with van der Waals surface area (Å²) < 4.78 is 87.1. The summed E-state index contributed by atoms with van der Waals surface area (Å²) in [7, 11) is -10.6. The Bertz CT molecular complexity index is 1010. The van der Waals surface area contributed by atoms with Crippen molar-refractivity contribution in [3.63, 3.8) is 0 Å². The second kappa shape index (κ2) is 10.7. The van der Waals surface area contributed by atoms with Crippen LogP contribution >= 0.6 is 0 Å². The summed E-state index contributed by atoms with van der Waals surface area (Å²) in [6.07, 6.45) is -14.0. The monoisotopic (exact) mass is 539 g/mol. The zero-order chi connectivity index (χ0) is 26.0. The third-order valence-electron chi connectivity index (χ3n) is 4.35. The number of hydrogen-bond acceptors (Lipinski definition) is 14. The number of ether oxygens (including phenoxy) is 3. The summed E-state index contributed by atoms with van der Waals surface area (Å²) in [5, 5.41) is 41.1. The number of carbonyl (C=O) groups excluding carboxylic acids is 1. The molecule has 1 saturated heterocycles. The number of rotatable bonds is 9. The molecule has 0 aromatic heterocycles. The van der Waals surface area contributed by atoms with Gasteiger partial charge in [-0.05, 0) is 6.08 Å². The van der Waals surface area contributed by atoms with Crippen LogP contribution in [-0.4, -0.2) is 114 Å². The number of aliphatic carboxylic acids is 1. The molecule has 1 amide bonds. The molecule has 0 radical (unpaired) electrons. The summed E-state index contributed by atoms with van der Waals surface area (Å²) in [6.45, 7) is -0.0970. The highest BCUT2D eigenvalue weighted by Crippen LogP contribution is 2.31. The Morgan fingerprint density at radius 3 is 2.09 bits per heavy atom. The third-order valence-corrected chi connectivity index (χ3v) is 5.28. The van der Waals surface area contributed by atoms with Crippen LogP contribution in [0.25, 0.3) is 0 Å². The highest BCUT2D eigenvalue weighted by molar-refractivity contribution is 7.81. The molecule has 0 bridgehead atoms. The minimum Gasteiger partial charge on any atom is -0.475 e. The molecule has 0 spiro atoms. The molecule has 8 unspecified atom stereocenters. The predicted octanol–water partition coefficient (Wildman–Crippen LogP) is -4.35. The minimum atomic E-state index is -5.32. The molecule has 196 valence electrons. The molecule has 7 N–H and O–H groups in total. The van der Waals surface area contributed by atoms with Gasteiger partial charge in [-0.15, -0.1) is 0 Å². The van der Waals surface area contributed by atoms with Crippen LogP contribution in [0.3, 0.4) is 0 Å². The molecule has 34 heavy (non-hydrogen) atoms. The summed E-state index contributed by atoms with van der Waals surface area (Å²) in [4.78, 5) is 22.9. The number of carbonyl (C=O) groups is 2. The molecule has 2 rings (SSSR count). The summed E-state index contributed by atoms with van der Waals surface area (Å²) in [5.41, 5.74) is 0. The number of carboxylic acids is 1. The minimum absolute atomic E-state index is 0.491. The topological polar surface area (TPSA) is 282 Å². The molecule has 0 aromatic rings. The van der Waals surface area contributed by atoms with Gasteiger partial charge >= 0.3 is 26.8 Å². The molecule has 1 fully saturated rings. The largest absolute Gasteiger partial charge is 0.475 e. The zero-order valence-electron chi connectivity index (χ0n) is 16.9. The van der Waals surface area contributed by atoms with E-state index in [2.05, 4.69) is 13.7 Å². The quantitative estimate of drug-likeness (QED) is 0.136. The van der Waals surface area contributed by atoms with Gasteiger partial charge in [0.05, 0.1) is 6.61 Å². The molecule has 2 aliphatic rings. The maximum absolute atomic E-state index is 11.6. The first-order valence-corrected chi connectivity index (χ1v) is 11.7. The van der Waals surface area contributed by atoms with Crippen LogP contribution in [0.5, 0.6) is 0 Å². The van der Waals surface area contributed by atoms with Crippen LogP contribution in [0.2, 0.25) is 0 Å². The van der Waals surface area contributed by atoms with E-state index in [1.54, 1.807) is 0 Å². The van der Waals surface area contributed by atoms with Crippen molar-refractivity contribution in [3.05, 3.63) is 11.8 Å². The Hall–Kier alpha value is -1.98. The molecular weight excluding hydrogens is 518 g/mol. The van der Waals surface area contributed by atoms with E-state index in [0.29, 0.717) is 6.08 Å². The molecule has 0 aliphatic carbocycles. The van der Waals surface area contributed by atoms with Crippen molar-refractivity contribution in [2.24, 2.45) is 0 Å². The third kappa shape index (κ3) is 7.51. The van der Waals surface area contributed by atoms with E-state index < -0.39 is 94.2 Å². The van der Waals surface area contributed by atoms with Gasteiger partial charge in [-0.2, -0.15) is 16.8 Å². The normalized spacial score (nSPS) is 34.6. The van der Waals surface area contributed by atoms with Crippen LogP contribution in [-0.2, 0) is 53.0 Å². The fourth-order valence-electron chi connectivity index (χ4n) is 3.14. The number of carboxylic acid groups (broad SMARTS) is 1. The van der Waals surface area contributed by atoms with Crippen molar-refractivity contribution in [2.75, 3.05) is 6.61 Å². The molecular formula is C14H21NO17S2. The summed E-state index contributed by atoms with van der Waals surface area (Å²) >= 11 is 0. The van der Waals surface area contributed by atoms with Crippen LogP contribution < -0.4 is 5.32 Å². The van der Waals surface area contributed by atoms with E-state index in [9.17, 15) is 41.7 Å².